The Morgan fingerprint density at radius 2 is 2.05 bits per heavy atom. The lowest BCUT2D eigenvalue weighted by Crippen LogP contribution is -2.38. The Bertz CT molecular complexity index is 520. The van der Waals surface area contributed by atoms with Crippen LogP contribution in [0.2, 0.25) is 0 Å². The molecule has 1 aliphatic heterocycles. The molecule has 3 aliphatic rings. The minimum absolute atomic E-state index is 0.212. The summed E-state index contributed by atoms with van der Waals surface area (Å²) < 4.78 is 2.17. The van der Waals surface area contributed by atoms with Crippen LogP contribution in [0.4, 0.5) is 0 Å². The fraction of sp³-hybridized carbons (Fsp3) is 0.688. The number of amides is 1. The Labute approximate surface area is 119 Å². The van der Waals surface area contributed by atoms with Crippen molar-refractivity contribution in [2.75, 3.05) is 13.1 Å². The van der Waals surface area contributed by atoms with Gasteiger partial charge in [0.25, 0.3) is 5.91 Å². The van der Waals surface area contributed by atoms with Crippen LogP contribution < -0.4 is 5.73 Å². The zero-order chi connectivity index (χ0) is 13.7. The molecule has 1 aromatic heterocycles. The van der Waals surface area contributed by atoms with Crippen molar-refractivity contribution in [1.29, 1.82) is 0 Å². The number of fused-ring (bicyclic) bond motifs is 1. The summed E-state index contributed by atoms with van der Waals surface area (Å²) in [7, 11) is 0. The van der Waals surface area contributed by atoms with Crippen LogP contribution in [0.5, 0.6) is 0 Å². The molecule has 0 radical (unpaired) electrons. The summed E-state index contributed by atoms with van der Waals surface area (Å²) in [4.78, 5) is 14.8. The lowest BCUT2D eigenvalue weighted by Gasteiger charge is -2.29. The monoisotopic (exact) mass is 273 g/mol. The Morgan fingerprint density at radius 1 is 1.20 bits per heavy atom. The Hall–Kier alpha value is -1.29. The SMILES string of the molecule is NC1CCCC2CN(C(=O)c3cccn3C3CC3)CC12. The molecule has 1 amide bonds. The van der Waals surface area contributed by atoms with E-state index < -0.39 is 0 Å². The lowest BCUT2D eigenvalue weighted by atomic mass is 9.78. The van der Waals surface area contributed by atoms with Crippen molar-refractivity contribution in [2.45, 2.75) is 44.2 Å². The highest BCUT2D eigenvalue weighted by atomic mass is 16.2. The molecule has 2 saturated carbocycles. The van der Waals surface area contributed by atoms with Gasteiger partial charge in [-0.05, 0) is 49.7 Å². The van der Waals surface area contributed by atoms with E-state index in [1.54, 1.807) is 0 Å². The van der Waals surface area contributed by atoms with E-state index >= 15 is 0 Å². The first-order valence-corrected chi connectivity index (χ1v) is 7.96. The van der Waals surface area contributed by atoms with Gasteiger partial charge in [0, 0.05) is 31.4 Å². The highest BCUT2D eigenvalue weighted by Gasteiger charge is 2.41. The zero-order valence-electron chi connectivity index (χ0n) is 11.9. The average molecular weight is 273 g/mol. The average Bonchev–Trinajstić information content (AvgIpc) is 3.02. The number of hydrogen-bond acceptors (Lipinski definition) is 2. The molecular formula is C16H23N3O. The van der Waals surface area contributed by atoms with Crippen LogP contribution >= 0.6 is 0 Å². The highest BCUT2D eigenvalue weighted by Crippen LogP contribution is 2.38. The van der Waals surface area contributed by atoms with E-state index in [2.05, 4.69) is 15.7 Å². The van der Waals surface area contributed by atoms with Crippen LogP contribution in [0.3, 0.4) is 0 Å². The van der Waals surface area contributed by atoms with E-state index in [0.29, 0.717) is 23.9 Å². The van der Waals surface area contributed by atoms with E-state index in [4.69, 9.17) is 5.73 Å². The fourth-order valence-electron chi connectivity index (χ4n) is 4.09. The van der Waals surface area contributed by atoms with Gasteiger partial charge in [0.2, 0.25) is 0 Å². The van der Waals surface area contributed by atoms with Crippen LogP contribution in [0.25, 0.3) is 0 Å². The molecule has 4 heteroatoms. The summed E-state index contributed by atoms with van der Waals surface area (Å²) in [6, 6.07) is 4.83. The number of carbonyl (C=O) groups is 1. The normalized spacial score (nSPS) is 33.2. The third kappa shape index (κ3) is 1.97. The molecule has 4 rings (SSSR count). The van der Waals surface area contributed by atoms with Gasteiger partial charge >= 0.3 is 0 Å². The van der Waals surface area contributed by atoms with Gasteiger partial charge in [0.1, 0.15) is 5.69 Å². The van der Waals surface area contributed by atoms with Crippen molar-refractivity contribution in [3.05, 3.63) is 24.0 Å². The Kier molecular flexibility index (Phi) is 2.88. The van der Waals surface area contributed by atoms with E-state index in [9.17, 15) is 4.79 Å². The Balaban J connectivity index is 1.53. The van der Waals surface area contributed by atoms with Crippen molar-refractivity contribution < 1.29 is 4.79 Å². The third-order valence-corrected chi connectivity index (χ3v) is 5.38. The van der Waals surface area contributed by atoms with Gasteiger partial charge in [-0.1, -0.05) is 6.42 Å². The number of rotatable bonds is 2. The van der Waals surface area contributed by atoms with Crippen LogP contribution in [0.15, 0.2) is 18.3 Å². The predicted octanol–water partition coefficient (Wildman–Crippen LogP) is 2.02. The number of hydrogen-bond donors (Lipinski definition) is 1. The van der Waals surface area contributed by atoms with Gasteiger partial charge in [-0.25, -0.2) is 0 Å². The summed E-state index contributed by atoms with van der Waals surface area (Å²) in [5, 5.41) is 0. The minimum atomic E-state index is 0.212. The van der Waals surface area contributed by atoms with Crippen molar-refractivity contribution in [1.82, 2.24) is 9.47 Å². The molecule has 0 spiro atoms. The molecule has 20 heavy (non-hydrogen) atoms. The smallest absolute Gasteiger partial charge is 0.270 e. The second-order valence-electron chi connectivity index (χ2n) is 6.76. The second-order valence-corrected chi connectivity index (χ2v) is 6.76. The number of likely N-dealkylation sites (tertiary alicyclic amines) is 1. The molecule has 1 saturated heterocycles. The van der Waals surface area contributed by atoms with E-state index in [1.165, 1.54) is 25.7 Å². The summed E-state index contributed by atoms with van der Waals surface area (Å²) in [6.45, 7) is 1.77. The summed E-state index contributed by atoms with van der Waals surface area (Å²) in [5.41, 5.74) is 7.12. The van der Waals surface area contributed by atoms with Crippen LogP contribution in [0, 0.1) is 11.8 Å². The summed E-state index contributed by atoms with van der Waals surface area (Å²) >= 11 is 0. The maximum atomic E-state index is 12.8. The van der Waals surface area contributed by atoms with Crippen molar-refractivity contribution in [3.63, 3.8) is 0 Å². The van der Waals surface area contributed by atoms with E-state index in [1.807, 2.05) is 12.1 Å². The topological polar surface area (TPSA) is 51.3 Å². The molecule has 3 fully saturated rings. The maximum absolute atomic E-state index is 12.8. The molecule has 0 aromatic carbocycles. The third-order valence-electron chi connectivity index (χ3n) is 5.38. The zero-order valence-corrected chi connectivity index (χ0v) is 11.9. The molecular weight excluding hydrogens is 250 g/mol. The fourth-order valence-corrected chi connectivity index (χ4v) is 4.09. The molecule has 2 heterocycles. The number of nitrogens with two attached hydrogens (primary N) is 1. The summed E-state index contributed by atoms with van der Waals surface area (Å²) in [6.07, 6.45) is 8.08. The first-order chi connectivity index (χ1) is 9.74. The molecule has 108 valence electrons. The van der Waals surface area contributed by atoms with Gasteiger partial charge in [-0.3, -0.25) is 4.79 Å². The molecule has 4 nitrogen and oxygen atoms in total. The Morgan fingerprint density at radius 3 is 2.80 bits per heavy atom. The standard InChI is InChI=1S/C16H23N3O/c17-14-4-1-3-11-9-18(10-13(11)14)16(20)15-5-2-8-19(15)12-6-7-12/h2,5,8,11-14H,1,3-4,6-7,9-10,17H2. The molecule has 1 aromatic rings. The van der Waals surface area contributed by atoms with Gasteiger partial charge in [0.15, 0.2) is 0 Å². The van der Waals surface area contributed by atoms with Gasteiger partial charge in [-0.15, -0.1) is 0 Å². The molecule has 2 aliphatic carbocycles. The number of carbonyl (C=O) groups excluding carboxylic acids is 1. The van der Waals surface area contributed by atoms with Crippen LogP contribution in [-0.2, 0) is 0 Å². The largest absolute Gasteiger partial charge is 0.340 e. The first-order valence-electron chi connectivity index (χ1n) is 7.96. The molecule has 3 unspecified atom stereocenters. The first kappa shape index (κ1) is 12.5. The van der Waals surface area contributed by atoms with Crippen molar-refractivity contribution in [3.8, 4) is 0 Å². The predicted molar refractivity (Wildman–Crippen MR) is 77.4 cm³/mol. The number of nitrogens with zero attached hydrogens (tertiary/aromatic N) is 2. The molecule has 2 N–H and O–H groups in total. The van der Waals surface area contributed by atoms with Crippen molar-refractivity contribution in [2.24, 2.45) is 17.6 Å². The highest BCUT2D eigenvalue weighted by molar-refractivity contribution is 5.93. The van der Waals surface area contributed by atoms with Gasteiger partial charge < -0.3 is 15.2 Å². The maximum Gasteiger partial charge on any atom is 0.270 e. The van der Waals surface area contributed by atoms with Gasteiger partial charge in [0.05, 0.1) is 0 Å². The number of aromatic nitrogens is 1. The lowest BCUT2D eigenvalue weighted by molar-refractivity contribution is 0.0772. The quantitative estimate of drug-likeness (QED) is 0.896. The van der Waals surface area contributed by atoms with Crippen LogP contribution in [0.1, 0.15) is 48.6 Å². The molecule has 0 bridgehead atoms. The minimum Gasteiger partial charge on any atom is -0.340 e. The van der Waals surface area contributed by atoms with E-state index in [-0.39, 0.29) is 5.91 Å². The summed E-state index contributed by atoms with van der Waals surface area (Å²) in [5.74, 6) is 1.37. The van der Waals surface area contributed by atoms with Crippen LogP contribution in [-0.4, -0.2) is 34.5 Å². The van der Waals surface area contributed by atoms with Gasteiger partial charge in [-0.2, -0.15) is 0 Å². The van der Waals surface area contributed by atoms with Crippen molar-refractivity contribution >= 4 is 5.91 Å². The van der Waals surface area contributed by atoms with E-state index in [0.717, 1.165) is 25.2 Å². The molecule has 3 atom stereocenters. The second kappa shape index (κ2) is 4.62.